The third-order valence-electron chi connectivity index (χ3n) is 1.55. The van der Waals surface area contributed by atoms with E-state index in [1.54, 1.807) is 0 Å². The maximum atomic E-state index is 11.4. The summed E-state index contributed by atoms with van der Waals surface area (Å²) in [6.45, 7) is 8.20. The Kier molecular flexibility index (Phi) is 6.79. The Morgan fingerprint density at radius 3 is 1.82 bits per heavy atom. The molecule has 0 saturated carbocycles. The van der Waals surface area contributed by atoms with Gasteiger partial charge in [-0.2, -0.15) is 0 Å². The highest BCUT2D eigenvalue weighted by Crippen LogP contribution is 2.26. The Morgan fingerprint density at radius 2 is 1.55 bits per heavy atom. The molecule has 0 aromatic heterocycles. The topological polar surface area (TPSA) is 20.3 Å². The zero-order valence-electron chi connectivity index (χ0n) is 7.84. The number of hydrogen-bond donors (Lipinski definition) is 0. The van der Waals surface area contributed by atoms with E-state index >= 15 is 0 Å². The van der Waals surface area contributed by atoms with Crippen LogP contribution in [0.2, 0.25) is 0 Å². The van der Waals surface area contributed by atoms with E-state index in [4.69, 9.17) is 0 Å². The van der Waals surface area contributed by atoms with Gasteiger partial charge in [-0.15, -0.1) is 0 Å². The van der Waals surface area contributed by atoms with E-state index in [1.165, 1.54) is 0 Å². The van der Waals surface area contributed by atoms with Crippen molar-refractivity contribution in [1.82, 2.24) is 4.67 Å². The first-order valence-corrected chi connectivity index (χ1v) is 5.85. The van der Waals surface area contributed by atoms with Crippen LogP contribution in [0.25, 0.3) is 0 Å². The number of nitrogens with zero attached hydrogens (tertiary/aromatic N) is 1. The molecular formula is C8H19NOP+. The molecule has 0 bridgehead atoms. The third kappa shape index (κ3) is 4.49. The molecule has 0 aliphatic heterocycles. The number of hydrogen-bond acceptors (Lipinski definition) is 1. The predicted octanol–water partition coefficient (Wildman–Crippen LogP) is 2.87. The molecule has 0 saturated heterocycles. The van der Waals surface area contributed by atoms with Crippen molar-refractivity contribution < 1.29 is 4.57 Å². The zero-order valence-corrected chi connectivity index (χ0v) is 8.73. The van der Waals surface area contributed by atoms with Crippen molar-refractivity contribution >= 4 is 7.95 Å². The average Bonchev–Trinajstić information content (AvgIpc) is 2.03. The molecule has 11 heavy (non-hydrogen) atoms. The van der Waals surface area contributed by atoms with Gasteiger partial charge in [0.25, 0.3) is 0 Å². The molecule has 0 aromatic carbocycles. The second kappa shape index (κ2) is 6.75. The first-order valence-electron chi connectivity index (χ1n) is 4.45. The van der Waals surface area contributed by atoms with Crippen LogP contribution >= 0.6 is 7.95 Å². The van der Waals surface area contributed by atoms with E-state index in [2.05, 4.69) is 18.5 Å². The molecule has 0 fully saturated rings. The first-order chi connectivity index (χ1) is 5.26. The van der Waals surface area contributed by atoms with Gasteiger partial charge in [0, 0.05) is 13.1 Å². The lowest BCUT2D eigenvalue weighted by molar-refractivity contribution is 0.422. The van der Waals surface area contributed by atoms with Crippen molar-refractivity contribution in [2.24, 2.45) is 0 Å². The summed E-state index contributed by atoms with van der Waals surface area (Å²) in [6, 6.07) is 0. The van der Waals surface area contributed by atoms with E-state index in [1.807, 2.05) is 6.92 Å². The lowest BCUT2D eigenvalue weighted by Gasteiger charge is -2.07. The summed E-state index contributed by atoms with van der Waals surface area (Å²) in [6.07, 6.45) is 2.98. The van der Waals surface area contributed by atoms with E-state index in [0.29, 0.717) is 0 Å². The molecular weight excluding hydrogens is 157 g/mol. The van der Waals surface area contributed by atoms with E-state index in [9.17, 15) is 4.57 Å². The van der Waals surface area contributed by atoms with Crippen molar-refractivity contribution in [3.63, 3.8) is 0 Å². The SMILES string of the molecule is CCCN(CCC)[P+](=O)CC. The Bertz CT molecular complexity index is 111. The lowest BCUT2D eigenvalue weighted by Crippen LogP contribution is -2.17. The summed E-state index contributed by atoms with van der Waals surface area (Å²) in [7, 11) is -1.07. The van der Waals surface area contributed by atoms with Gasteiger partial charge in [-0.1, -0.05) is 23.1 Å². The van der Waals surface area contributed by atoms with Crippen LogP contribution in [0.1, 0.15) is 33.6 Å². The summed E-state index contributed by atoms with van der Waals surface area (Å²) >= 11 is 0. The molecule has 0 aliphatic rings. The molecule has 1 unspecified atom stereocenters. The Labute approximate surface area is 70.8 Å². The Morgan fingerprint density at radius 1 is 1.09 bits per heavy atom. The molecule has 2 nitrogen and oxygen atoms in total. The van der Waals surface area contributed by atoms with Crippen molar-refractivity contribution in [2.45, 2.75) is 33.6 Å². The average molecular weight is 176 g/mol. The Hall–Kier alpha value is 0.0600. The molecule has 0 aromatic rings. The molecule has 3 heteroatoms. The van der Waals surface area contributed by atoms with Gasteiger partial charge in [0.2, 0.25) is 0 Å². The monoisotopic (exact) mass is 176 g/mol. The molecule has 0 rings (SSSR count). The van der Waals surface area contributed by atoms with Crippen LogP contribution < -0.4 is 0 Å². The van der Waals surface area contributed by atoms with Crippen LogP contribution in [-0.4, -0.2) is 23.9 Å². The molecule has 0 radical (unpaired) electrons. The van der Waals surface area contributed by atoms with Gasteiger partial charge in [0.05, 0.1) is 0 Å². The zero-order chi connectivity index (χ0) is 8.69. The maximum absolute atomic E-state index is 11.4. The summed E-state index contributed by atoms with van der Waals surface area (Å²) < 4.78 is 13.5. The van der Waals surface area contributed by atoms with Gasteiger partial charge in [-0.3, -0.25) is 0 Å². The number of rotatable bonds is 6. The molecule has 0 aliphatic carbocycles. The predicted molar refractivity (Wildman–Crippen MR) is 50.3 cm³/mol. The van der Waals surface area contributed by atoms with E-state index in [-0.39, 0.29) is 0 Å². The fourth-order valence-electron chi connectivity index (χ4n) is 1.05. The minimum Gasteiger partial charge on any atom is -0.0968 e. The van der Waals surface area contributed by atoms with Crippen LogP contribution in [-0.2, 0) is 4.57 Å². The molecule has 0 spiro atoms. The van der Waals surface area contributed by atoms with Gasteiger partial charge in [-0.25, -0.2) is 0 Å². The molecule has 0 N–H and O–H groups in total. The van der Waals surface area contributed by atoms with Gasteiger partial charge in [-0.05, 0) is 19.8 Å². The maximum Gasteiger partial charge on any atom is 0.434 e. The van der Waals surface area contributed by atoms with Crippen LogP contribution in [0.3, 0.4) is 0 Å². The quantitative estimate of drug-likeness (QED) is 0.580. The lowest BCUT2D eigenvalue weighted by atomic mass is 10.4. The van der Waals surface area contributed by atoms with E-state index < -0.39 is 7.95 Å². The van der Waals surface area contributed by atoms with E-state index in [0.717, 1.165) is 32.1 Å². The highest BCUT2D eigenvalue weighted by atomic mass is 31.1. The minimum absolute atomic E-state index is 0.787. The smallest absolute Gasteiger partial charge is 0.0968 e. The second-order valence-corrected chi connectivity index (χ2v) is 4.52. The standard InChI is InChI=1S/C8H19NOP/c1-4-7-9(8-5-2)11(10)6-3/h4-8H2,1-3H3/q+1. The van der Waals surface area contributed by atoms with Crippen molar-refractivity contribution in [3.8, 4) is 0 Å². The Balaban J connectivity index is 3.76. The minimum atomic E-state index is -1.07. The van der Waals surface area contributed by atoms with Gasteiger partial charge >= 0.3 is 7.95 Å². The van der Waals surface area contributed by atoms with Crippen molar-refractivity contribution in [2.75, 3.05) is 19.3 Å². The summed E-state index contributed by atoms with van der Waals surface area (Å²) in [4.78, 5) is 0. The first kappa shape index (κ1) is 11.1. The van der Waals surface area contributed by atoms with Crippen LogP contribution in [0.5, 0.6) is 0 Å². The van der Waals surface area contributed by atoms with Crippen LogP contribution in [0.4, 0.5) is 0 Å². The fourth-order valence-corrected chi connectivity index (χ4v) is 2.30. The van der Waals surface area contributed by atoms with Crippen LogP contribution in [0, 0.1) is 0 Å². The largest absolute Gasteiger partial charge is 0.434 e. The molecule has 0 heterocycles. The van der Waals surface area contributed by atoms with Gasteiger partial charge in [0.15, 0.2) is 6.16 Å². The molecule has 66 valence electrons. The molecule has 0 amide bonds. The van der Waals surface area contributed by atoms with Crippen molar-refractivity contribution in [3.05, 3.63) is 0 Å². The van der Waals surface area contributed by atoms with Gasteiger partial charge < -0.3 is 0 Å². The van der Waals surface area contributed by atoms with Crippen molar-refractivity contribution in [1.29, 1.82) is 0 Å². The van der Waals surface area contributed by atoms with Crippen LogP contribution in [0.15, 0.2) is 0 Å². The summed E-state index contributed by atoms with van der Waals surface area (Å²) in [5.41, 5.74) is 0. The summed E-state index contributed by atoms with van der Waals surface area (Å²) in [5.74, 6) is 0. The fraction of sp³-hybridized carbons (Fsp3) is 1.00. The molecule has 1 atom stereocenters. The van der Waals surface area contributed by atoms with Gasteiger partial charge in [0.1, 0.15) is 0 Å². The normalized spacial score (nSPS) is 12.2. The highest BCUT2D eigenvalue weighted by Gasteiger charge is 2.22. The highest BCUT2D eigenvalue weighted by molar-refractivity contribution is 7.41. The second-order valence-electron chi connectivity index (χ2n) is 2.62. The third-order valence-corrected chi connectivity index (χ3v) is 3.12. The summed E-state index contributed by atoms with van der Waals surface area (Å²) in [5, 5.41) is 0.